The van der Waals surface area contributed by atoms with Gasteiger partial charge < -0.3 is 10.8 Å². The molecule has 0 spiro atoms. The predicted molar refractivity (Wildman–Crippen MR) is 64.1 cm³/mol. The van der Waals surface area contributed by atoms with E-state index in [0.29, 0.717) is 24.2 Å². The van der Waals surface area contributed by atoms with Gasteiger partial charge in [0.1, 0.15) is 0 Å². The van der Waals surface area contributed by atoms with Gasteiger partial charge in [-0.25, -0.2) is 0 Å². The van der Waals surface area contributed by atoms with Crippen LogP contribution in [0.5, 0.6) is 0 Å². The van der Waals surface area contributed by atoms with Gasteiger partial charge in [0.25, 0.3) is 0 Å². The van der Waals surface area contributed by atoms with E-state index in [4.69, 9.17) is 5.73 Å². The Morgan fingerprint density at radius 2 is 1.50 bits per heavy atom. The molecule has 2 heterocycles. The summed E-state index contributed by atoms with van der Waals surface area (Å²) < 4.78 is 0. The number of aliphatic hydroxyl groups is 1. The van der Waals surface area contributed by atoms with E-state index in [0.717, 1.165) is 12.8 Å². The molecule has 3 aliphatic rings. The second-order valence-electron chi connectivity index (χ2n) is 6.04. The van der Waals surface area contributed by atoms with Crippen LogP contribution in [0.4, 0.5) is 0 Å². The van der Waals surface area contributed by atoms with E-state index in [2.05, 4.69) is 4.90 Å². The smallest absolute Gasteiger partial charge is 0.0570 e. The Labute approximate surface area is 98.0 Å². The molecule has 3 nitrogen and oxygen atoms in total. The number of nitrogens with two attached hydrogens (primary N) is 1. The van der Waals surface area contributed by atoms with Crippen molar-refractivity contribution in [3.8, 4) is 0 Å². The topological polar surface area (TPSA) is 49.5 Å². The van der Waals surface area contributed by atoms with Crippen molar-refractivity contribution in [2.24, 2.45) is 5.73 Å². The fraction of sp³-hybridized carbons (Fsp3) is 1.00. The number of nitrogens with zero attached hydrogens (tertiary/aromatic N) is 1. The molecule has 0 aromatic heterocycles. The molecule has 3 fully saturated rings. The highest BCUT2D eigenvalue weighted by molar-refractivity contribution is 4.99. The highest BCUT2D eigenvalue weighted by Gasteiger charge is 2.43. The molecule has 2 bridgehead atoms. The van der Waals surface area contributed by atoms with E-state index in [1.807, 2.05) is 0 Å². The van der Waals surface area contributed by atoms with Crippen LogP contribution in [0, 0.1) is 0 Å². The Morgan fingerprint density at radius 3 is 2.12 bits per heavy atom. The summed E-state index contributed by atoms with van der Waals surface area (Å²) in [5.74, 6) is 0. The lowest BCUT2D eigenvalue weighted by Crippen LogP contribution is -2.52. The lowest BCUT2D eigenvalue weighted by Gasteiger charge is -2.45. The minimum atomic E-state index is -0.0361. The van der Waals surface area contributed by atoms with E-state index in [-0.39, 0.29) is 6.10 Å². The number of hydrogen-bond acceptors (Lipinski definition) is 3. The van der Waals surface area contributed by atoms with Crippen LogP contribution in [0.3, 0.4) is 0 Å². The van der Waals surface area contributed by atoms with Gasteiger partial charge in [0.15, 0.2) is 0 Å². The quantitative estimate of drug-likeness (QED) is 0.704. The van der Waals surface area contributed by atoms with Gasteiger partial charge in [-0.3, -0.25) is 4.90 Å². The van der Waals surface area contributed by atoms with Crippen molar-refractivity contribution in [2.45, 2.75) is 81.6 Å². The molecule has 3 N–H and O–H groups in total. The van der Waals surface area contributed by atoms with E-state index in [9.17, 15) is 5.11 Å². The maximum Gasteiger partial charge on any atom is 0.0570 e. The SMILES string of the molecule is NC1CCCC(N2C3CCC2CC(O)C3)C1. The third kappa shape index (κ3) is 1.89. The summed E-state index contributed by atoms with van der Waals surface area (Å²) in [5, 5.41) is 9.81. The summed E-state index contributed by atoms with van der Waals surface area (Å²) in [4.78, 5) is 2.73. The van der Waals surface area contributed by atoms with E-state index in [1.54, 1.807) is 0 Å². The molecular weight excluding hydrogens is 200 g/mol. The first-order valence-electron chi connectivity index (χ1n) is 6.95. The largest absolute Gasteiger partial charge is 0.393 e. The number of aliphatic hydroxyl groups excluding tert-OH is 1. The summed E-state index contributed by atoms with van der Waals surface area (Å²) in [7, 11) is 0. The zero-order valence-electron chi connectivity index (χ0n) is 10.0. The van der Waals surface area contributed by atoms with Crippen LogP contribution in [0.25, 0.3) is 0 Å². The van der Waals surface area contributed by atoms with Crippen LogP contribution >= 0.6 is 0 Å². The molecule has 1 saturated carbocycles. The minimum Gasteiger partial charge on any atom is -0.393 e. The van der Waals surface area contributed by atoms with Crippen molar-refractivity contribution in [1.29, 1.82) is 0 Å². The van der Waals surface area contributed by atoms with Gasteiger partial charge in [0.2, 0.25) is 0 Å². The van der Waals surface area contributed by atoms with Crippen LogP contribution in [0.1, 0.15) is 51.4 Å². The third-order valence-electron chi connectivity index (χ3n) is 4.87. The fourth-order valence-electron chi connectivity index (χ4n) is 4.25. The van der Waals surface area contributed by atoms with Gasteiger partial charge in [-0.2, -0.15) is 0 Å². The molecule has 0 aromatic carbocycles. The third-order valence-corrected chi connectivity index (χ3v) is 4.87. The van der Waals surface area contributed by atoms with Crippen molar-refractivity contribution in [1.82, 2.24) is 4.90 Å². The number of rotatable bonds is 1. The van der Waals surface area contributed by atoms with Crippen LogP contribution in [0.2, 0.25) is 0 Å². The van der Waals surface area contributed by atoms with Crippen LogP contribution in [-0.4, -0.2) is 40.3 Å². The minimum absolute atomic E-state index is 0.0361. The molecule has 3 heteroatoms. The number of fused-ring (bicyclic) bond motifs is 2. The lowest BCUT2D eigenvalue weighted by molar-refractivity contribution is -0.00105. The Kier molecular flexibility index (Phi) is 2.94. The van der Waals surface area contributed by atoms with Gasteiger partial charge in [-0.15, -0.1) is 0 Å². The molecule has 16 heavy (non-hydrogen) atoms. The number of hydrogen-bond donors (Lipinski definition) is 2. The monoisotopic (exact) mass is 224 g/mol. The van der Waals surface area contributed by atoms with E-state index in [1.165, 1.54) is 38.5 Å². The Bertz CT molecular complexity index is 244. The second-order valence-corrected chi connectivity index (χ2v) is 6.04. The average Bonchev–Trinajstić information content (AvgIpc) is 2.51. The second kappa shape index (κ2) is 4.28. The van der Waals surface area contributed by atoms with Crippen LogP contribution < -0.4 is 5.73 Å². The van der Waals surface area contributed by atoms with Crippen molar-refractivity contribution in [3.63, 3.8) is 0 Å². The van der Waals surface area contributed by atoms with Crippen LogP contribution in [0.15, 0.2) is 0 Å². The summed E-state index contributed by atoms with van der Waals surface area (Å²) in [5.41, 5.74) is 6.09. The molecule has 0 radical (unpaired) electrons. The molecule has 92 valence electrons. The molecule has 0 aromatic rings. The summed E-state index contributed by atoms with van der Waals surface area (Å²) in [6, 6.07) is 2.45. The summed E-state index contributed by atoms with van der Waals surface area (Å²) >= 11 is 0. The van der Waals surface area contributed by atoms with Crippen molar-refractivity contribution in [2.75, 3.05) is 0 Å². The van der Waals surface area contributed by atoms with Crippen molar-refractivity contribution < 1.29 is 5.11 Å². The van der Waals surface area contributed by atoms with Gasteiger partial charge in [-0.1, -0.05) is 6.42 Å². The first kappa shape index (κ1) is 11.0. The first-order valence-corrected chi connectivity index (χ1v) is 6.95. The Morgan fingerprint density at radius 1 is 0.875 bits per heavy atom. The Balaban J connectivity index is 1.70. The Hall–Kier alpha value is -0.120. The molecule has 1 aliphatic carbocycles. The van der Waals surface area contributed by atoms with Gasteiger partial charge in [0, 0.05) is 24.2 Å². The zero-order valence-corrected chi connectivity index (χ0v) is 10.0. The molecule has 4 atom stereocenters. The summed E-state index contributed by atoms with van der Waals surface area (Å²) in [6.07, 6.45) is 9.59. The van der Waals surface area contributed by atoms with Crippen molar-refractivity contribution in [3.05, 3.63) is 0 Å². The average molecular weight is 224 g/mol. The normalized spacial score (nSPS) is 49.5. The molecule has 4 unspecified atom stereocenters. The fourth-order valence-corrected chi connectivity index (χ4v) is 4.25. The van der Waals surface area contributed by atoms with E-state index >= 15 is 0 Å². The molecule has 3 rings (SSSR count). The molecule has 2 saturated heterocycles. The standard InChI is InChI=1S/C13H24N2O/c14-9-2-1-3-10(6-9)15-11-4-5-12(15)8-13(16)7-11/h9-13,16H,1-8,14H2. The molecule has 0 amide bonds. The maximum atomic E-state index is 9.81. The highest BCUT2D eigenvalue weighted by Crippen LogP contribution is 2.40. The van der Waals surface area contributed by atoms with Crippen LogP contribution in [-0.2, 0) is 0 Å². The van der Waals surface area contributed by atoms with Gasteiger partial charge in [0.05, 0.1) is 6.10 Å². The first-order chi connectivity index (χ1) is 7.74. The highest BCUT2D eigenvalue weighted by atomic mass is 16.3. The lowest BCUT2D eigenvalue weighted by atomic mass is 9.87. The van der Waals surface area contributed by atoms with Crippen molar-refractivity contribution >= 4 is 0 Å². The molecular formula is C13H24N2O. The predicted octanol–water partition coefficient (Wildman–Crippen LogP) is 1.24. The van der Waals surface area contributed by atoms with E-state index < -0.39 is 0 Å². The zero-order chi connectivity index (χ0) is 11.1. The van der Waals surface area contributed by atoms with Gasteiger partial charge >= 0.3 is 0 Å². The maximum absolute atomic E-state index is 9.81. The molecule has 2 aliphatic heterocycles. The van der Waals surface area contributed by atoms with Gasteiger partial charge in [-0.05, 0) is 44.9 Å². The number of piperidine rings is 1. The summed E-state index contributed by atoms with van der Waals surface area (Å²) in [6.45, 7) is 0.